The van der Waals surface area contributed by atoms with Gasteiger partial charge in [-0.15, -0.1) is 0 Å². The Hall–Kier alpha value is -3.59. The molecule has 9 nitrogen and oxygen atoms in total. The average Bonchev–Trinajstić information content (AvgIpc) is 3.69. The maximum absolute atomic E-state index is 16.6. The van der Waals surface area contributed by atoms with Gasteiger partial charge in [0.05, 0.1) is 28.4 Å². The van der Waals surface area contributed by atoms with E-state index < -0.39 is 69.2 Å². The van der Waals surface area contributed by atoms with Crippen molar-refractivity contribution < 1.29 is 35.8 Å². The molecule has 0 bridgehead atoms. The highest BCUT2D eigenvalue weighted by Gasteiger charge is 2.49. The minimum Gasteiger partial charge on any atom is -0.475 e. The highest BCUT2D eigenvalue weighted by molar-refractivity contribution is 5.97. The van der Waals surface area contributed by atoms with E-state index in [4.69, 9.17) is 15.2 Å². The third-order valence-electron chi connectivity index (χ3n) is 9.65. The molecule has 0 unspecified atom stereocenters. The largest absolute Gasteiger partial charge is 0.475 e. The second-order valence-corrected chi connectivity index (χ2v) is 12.9. The molecule has 46 heavy (non-hydrogen) atoms. The molecule has 4 aliphatic rings. The highest BCUT2D eigenvalue weighted by Crippen LogP contribution is 2.46. The van der Waals surface area contributed by atoms with Crippen molar-refractivity contribution >= 4 is 22.4 Å². The molecule has 4 atom stereocenters. The summed E-state index contributed by atoms with van der Waals surface area (Å²) in [6, 6.07) is 0.433. The second kappa shape index (κ2) is 11.3. The molecule has 1 saturated carbocycles. The van der Waals surface area contributed by atoms with Crippen LogP contribution in [0.2, 0.25) is 0 Å². The Morgan fingerprint density at radius 3 is 2.72 bits per heavy atom. The molecule has 4 N–H and O–H groups in total. The van der Waals surface area contributed by atoms with Gasteiger partial charge in [-0.3, -0.25) is 4.90 Å². The molecule has 0 radical (unpaired) electrons. The molecule has 0 spiro atoms. The number of benzene rings is 1. The van der Waals surface area contributed by atoms with E-state index in [1.807, 2.05) is 11.8 Å². The van der Waals surface area contributed by atoms with Crippen LogP contribution in [0.4, 0.5) is 37.8 Å². The SMILES string of the molecule is CC[C@H](NC1CC1)[C@H]1COc2nc(-c3c(F)c(N)cc(C)c3C(F)(F)F)c(F)c3nc(OC[C@@]45CCCN4C[C@H](F)C5)nc(c23)N1. The molecule has 3 fully saturated rings. The maximum Gasteiger partial charge on any atom is 0.417 e. The van der Waals surface area contributed by atoms with Gasteiger partial charge in [0.15, 0.2) is 11.6 Å². The van der Waals surface area contributed by atoms with Gasteiger partial charge < -0.3 is 25.8 Å². The lowest BCUT2D eigenvalue weighted by Gasteiger charge is -2.31. The zero-order valence-corrected chi connectivity index (χ0v) is 25.4. The predicted molar refractivity (Wildman–Crippen MR) is 159 cm³/mol. The van der Waals surface area contributed by atoms with Gasteiger partial charge in [0.2, 0.25) is 5.88 Å². The number of nitrogens with zero attached hydrogens (tertiary/aromatic N) is 4. The number of nitrogens with two attached hydrogens (primary N) is 1. The van der Waals surface area contributed by atoms with Crippen LogP contribution in [0.25, 0.3) is 22.2 Å². The first-order valence-electron chi connectivity index (χ1n) is 15.6. The van der Waals surface area contributed by atoms with Crippen LogP contribution >= 0.6 is 0 Å². The third kappa shape index (κ3) is 5.34. The van der Waals surface area contributed by atoms with Crippen molar-refractivity contribution in [2.24, 2.45) is 0 Å². The van der Waals surface area contributed by atoms with Gasteiger partial charge in [-0.1, -0.05) is 6.92 Å². The first-order chi connectivity index (χ1) is 21.9. The van der Waals surface area contributed by atoms with Crippen molar-refractivity contribution in [1.82, 2.24) is 25.2 Å². The van der Waals surface area contributed by atoms with E-state index in [0.717, 1.165) is 38.8 Å². The summed E-state index contributed by atoms with van der Waals surface area (Å²) in [6.07, 6.45) is -1.47. The lowest BCUT2D eigenvalue weighted by molar-refractivity contribution is -0.137. The number of nitrogens with one attached hydrogen (secondary N) is 2. The van der Waals surface area contributed by atoms with E-state index in [0.29, 0.717) is 25.4 Å². The van der Waals surface area contributed by atoms with E-state index >= 15 is 8.78 Å². The third-order valence-corrected chi connectivity index (χ3v) is 9.65. The van der Waals surface area contributed by atoms with Crippen molar-refractivity contribution in [2.45, 2.75) is 88.4 Å². The Bertz CT molecular complexity index is 1690. The molecule has 5 heterocycles. The number of alkyl halides is 4. The molecular weight excluding hydrogens is 616 g/mol. The number of aryl methyl sites for hydroxylation is 1. The molecule has 1 aliphatic carbocycles. The lowest BCUT2D eigenvalue weighted by atomic mass is 9.95. The minimum absolute atomic E-state index is 0.00151. The van der Waals surface area contributed by atoms with E-state index in [2.05, 4.69) is 25.6 Å². The number of hydrogen-bond acceptors (Lipinski definition) is 9. The number of halogens is 6. The van der Waals surface area contributed by atoms with E-state index in [1.165, 1.54) is 0 Å². The van der Waals surface area contributed by atoms with Gasteiger partial charge in [0, 0.05) is 25.0 Å². The zero-order chi connectivity index (χ0) is 32.5. The number of rotatable bonds is 8. The van der Waals surface area contributed by atoms with Crippen molar-refractivity contribution in [3.05, 3.63) is 28.8 Å². The summed E-state index contributed by atoms with van der Waals surface area (Å²) in [7, 11) is 0. The van der Waals surface area contributed by atoms with Crippen molar-refractivity contribution in [1.29, 1.82) is 0 Å². The van der Waals surface area contributed by atoms with E-state index in [1.54, 1.807) is 0 Å². The van der Waals surface area contributed by atoms with Gasteiger partial charge in [-0.05, 0) is 57.2 Å². The predicted octanol–water partition coefficient (Wildman–Crippen LogP) is 5.54. The lowest BCUT2D eigenvalue weighted by Crippen LogP contribution is -2.47. The van der Waals surface area contributed by atoms with Crippen LogP contribution in [-0.2, 0) is 6.18 Å². The summed E-state index contributed by atoms with van der Waals surface area (Å²) in [6.45, 7) is 4.16. The second-order valence-electron chi connectivity index (χ2n) is 12.9. The fourth-order valence-electron chi connectivity index (χ4n) is 7.29. The summed E-state index contributed by atoms with van der Waals surface area (Å²) in [5.41, 5.74) is 0.224. The smallest absolute Gasteiger partial charge is 0.417 e. The Morgan fingerprint density at radius 2 is 2.00 bits per heavy atom. The molecule has 0 amide bonds. The fourth-order valence-corrected chi connectivity index (χ4v) is 7.29. The number of pyridine rings is 1. The highest BCUT2D eigenvalue weighted by atomic mass is 19.4. The molecule has 2 saturated heterocycles. The number of nitrogen functional groups attached to an aromatic ring is 1. The van der Waals surface area contributed by atoms with Gasteiger partial charge in [-0.2, -0.15) is 23.1 Å². The first kappa shape index (κ1) is 31.0. The number of anilines is 2. The summed E-state index contributed by atoms with van der Waals surface area (Å²) in [4.78, 5) is 15.0. The number of aromatic nitrogens is 3. The monoisotopic (exact) mass is 651 g/mol. The average molecular weight is 652 g/mol. The number of fused-ring (bicyclic) bond motifs is 1. The maximum atomic E-state index is 16.6. The Labute approximate surface area is 261 Å². The molecule has 7 rings (SSSR count). The van der Waals surface area contributed by atoms with E-state index in [-0.39, 0.29) is 48.8 Å². The van der Waals surface area contributed by atoms with Gasteiger partial charge in [0.25, 0.3) is 0 Å². The summed E-state index contributed by atoms with van der Waals surface area (Å²) in [5, 5.41) is 6.85. The molecular formula is C31H35F6N7O2. The van der Waals surface area contributed by atoms with Crippen LogP contribution in [0, 0.1) is 18.6 Å². The van der Waals surface area contributed by atoms with Crippen molar-refractivity contribution in [3.8, 4) is 23.1 Å². The quantitative estimate of drug-likeness (QED) is 0.214. The van der Waals surface area contributed by atoms with Crippen molar-refractivity contribution in [2.75, 3.05) is 37.4 Å². The van der Waals surface area contributed by atoms with Crippen LogP contribution in [0.1, 0.15) is 56.6 Å². The van der Waals surface area contributed by atoms with Crippen LogP contribution in [0.3, 0.4) is 0 Å². The standard InChI is InChI=1S/C31H35F6N7O2/c1-3-18(39-16-5-6-16)19-12-45-28-21-26(24(34)25(41-28)20-22(31(35,36)37)14(2)9-17(38)23(20)33)42-29(43-27(21)40-19)46-13-30-7-4-8-44(30)11-15(32)10-30/h9,15-16,18-19,39H,3-8,10-13,38H2,1-2H3,(H,40,42,43)/t15-,18+,19-,30+/m1/s1. The zero-order valence-electron chi connectivity index (χ0n) is 25.4. The fraction of sp³-hybridized carbons (Fsp3) is 0.581. The first-order valence-corrected chi connectivity index (χ1v) is 15.6. The summed E-state index contributed by atoms with van der Waals surface area (Å²) < 4.78 is 102. The van der Waals surface area contributed by atoms with Gasteiger partial charge >= 0.3 is 12.2 Å². The molecule has 2 aromatic heterocycles. The molecule has 15 heteroatoms. The van der Waals surface area contributed by atoms with Gasteiger partial charge in [0.1, 0.15) is 41.8 Å². The Balaban J connectivity index is 1.38. The van der Waals surface area contributed by atoms with Crippen LogP contribution in [0.5, 0.6) is 11.9 Å². The van der Waals surface area contributed by atoms with E-state index in [9.17, 15) is 17.6 Å². The summed E-state index contributed by atoms with van der Waals surface area (Å²) in [5.74, 6) is -2.93. The molecule has 1 aromatic carbocycles. The minimum atomic E-state index is -5.06. The molecule has 248 valence electrons. The Kier molecular flexibility index (Phi) is 7.61. The number of hydrogen-bond donors (Lipinski definition) is 3. The molecule has 3 aromatic rings. The van der Waals surface area contributed by atoms with Crippen molar-refractivity contribution in [3.63, 3.8) is 0 Å². The number of ether oxygens (including phenoxy) is 2. The Morgan fingerprint density at radius 1 is 1.22 bits per heavy atom. The molecule has 3 aliphatic heterocycles. The van der Waals surface area contributed by atoms with Gasteiger partial charge in [-0.25, -0.2) is 18.2 Å². The normalized spacial score (nSPS) is 25.2. The topological polar surface area (TPSA) is 110 Å². The summed E-state index contributed by atoms with van der Waals surface area (Å²) >= 11 is 0. The van der Waals surface area contributed by atoms with Crippen LogP contribution in [0.15, 0.2) is 6.07 Å². The van der Waals surface area contributed by atoms with Crippen LogP contribution in [-0.4, -0.2) is 76.0 Å². The van der Waals surface area contributed by atoms with Crippen LogP contribution < -0.4 is 25.8 Å².